The summed E-state index contributed by atoms with van der Waals surface area (Å²) in [6.07, 6.45) is 11.9. The Morgan fingerprint density at radius 1 is 1.19 bits per heavy atom. The van der Waals surface area contributed by atoms with Crippen LogP contribution < -0.4 is 0 Å². The highest BCUT2D eigenvalue weighted by Crippen LogP contribution is 2.56. The number of benzene rings is 2. The van der Waals surface area contributed by atoms with Gasteiger partial charge in [0.1, 0.15) is 11.7 Å². The molecule has 0 aliphatic heterocycles. The van der Waals surface area contributed by atoms with E-state index in [1.54, 1.807) is 11.8 Å². The molecule has 0 bridgehead atoms. The van der Waals surface area contributed by atoms with Crippen LogP contribution in [0.4, 0.5) is 4.39 Å². The molecule has 3 aromatic rings. The third-order valence-corrected chi connectivity index (χ3v) is 10.3. The molecule has 3 nitrogen and oxygen atoms in total. The summed E-state index contributed by atoms with van der Waals surface area (Å²) >= 11 is 7.92. The fourth-order valence-electron chi connectivity index (χ4n) is 5.78. The first-order valence-electron chi connectivity index (χ1n) is 14.5. The second-order valence-corrected chi connectivity index (χ2v) is 14.3. The van der Waals surface area contributed by atoms with E-state index < -0.39 is 17.2 Å². The Morgan fingerprint density at radius 3 is 2.69 bits per heavy atom. The Morgan fingerprint density at radius 2 is 1.95 bits per heavy atom. The van der Waals surface area contributed by atoms with Gasteiger partial charge in [0, 0.05) is 33.2 Å². The second-order valence-electron chi connectivity index (χ2n) is 12.1. The number of hydrogen-bond acceptors (Lipinski definition) is 4. The first kappa shape index (κ1) is 31.1. The van der Waals surface area contributed by atoms with Crippen LogP contribution in [-0.4, -0.2) is 33.1 Å². The number of thioether (sulfide) groups is 1. The molecule has 4 atom stereocenters. The van der Waals surface area contributed by atoms with Crippen molar-refractivity contribution in [3.05, 3.63) is 99.7 Å². The van der Waals surface area contributed by atoms with Crippen molar-refractivity contribution in [3.8, 4) is 0 Å². The minimum Gasteiger partial charge on any atom is -0.386 e. The lowest BCUT2D eigenvalue weighted by Gasteiger charge is -2.28. The van der Waals surface area contributed by atoms with Crippen LogP contribution >= 0.6 is 32.6 Å². The Balaban J connectivity index is 1.37. The number of halogens is 2. The van der Waals surface area contributed by atoms with Crippen LogP contribution in [0.25, 0.3) is 23.1 Å². The van der Waals surface area contributed by atoms with Gasteiger partial charge in [-0.3, -0.25) is 4.79 Å². The SMILES string of the molecule is CC(C)(O)C1=CCCC=C1CC[C@@H](SC[C@@]1(CC(=O)P)C[C@@H]1F)c1cccc(/C=C/c2ccc3ccc(Cl)cc3n2)c1. The number of fused-ring (bicyclic) bond motifs is 1. The minimum atomic E-state index is -0.917. The van der Waals surface area contributed by atoms with Crippen LogP contribution in [-0.2, 0) is 4.79 Å². The van der Waals surface area contributed by atoms with E-state index in [1.165, 1.54) is 11.1 Å². The number of carbonyl (C=O) groups excluding carboxylic acids is 1. The topological polar surface area (TPSA) is 50.2 Å². The van der Waals surface area contributed by atoms with Gasteiger partial charge < -0.3 is 5.11 Å². The molecule has 0 saturated heterocycles. The Labute approximate surface area is 259 Å². The summed E-state index contributed by atoms with van der Waals surface area (Å²) in [6.45, 7) is 3.69. The Bertz CT molecular complexity index is 1560. The fourth-order valence-corrected chi connectivity index (χ4v) is 7.91. The summed E-state index contributed by atoms with van der Waals surface area (Å²) in [4.78, 5) is 16.6. The summed E-state index contributed by atoms with van der Waals surface area (Å²) in [5.74, 6) is 0.607. The number of aromatic nitrogens is 1. The molecule has 1 fully saturated rings. The highest BCUT2D eigenvalue weighted by Gasteiger charge is 2.55. The van der Waals surface area contributed by atoms with Gasteiger partial charge in [0.05, 0.1) is 16.8 Å². The molecule has 1 unspecified atom stereocenters. The van der Waals surface area contributed by atoms with Crippen LogP contribution in [0.1, 0.15) is 74.4 Å². The number of nitrogens with zero attached hydrogens (tertiary/aromatic N) is 1. The third kappa shape index (κ3) is 7.80. The largest absolute Gasteiger partial charge is 0.386 e. The highest BCUT2D eigenvalue weighted by molar-refractivity contribution is 7.99. The zero-order valence-electron chi connectivity index (χ0n) is 24.2. The van der Waals surface area contributed by atoms with Gasteiger partial charge in [-0.1, -0.05) is 75.5 Å². The van der Waals surface area contributed by atoms with Crippen LogP contribution in [0.3, 0.4) is 0 Å². The number of aliphatic hydroxyl groups is 1. The van der Waals surface area contributed by atoms with Crippen molar-refractivity contribution in [2.24, 2.45) is 5.41 Å². The first-order valence-corrected chi connectivity index (χ1v) is 16.5. The van der Waals surface area contributed by atoms with Crippen molar-refractivity contribution in [2.75, 3.05) is 5.75 Å². The van der Waals surface area contributed by atoms with Crippen LogP contribution in [0.2, 0.25) is 5.02 Å². The van der Waals surface area contributed by atoms with Crippen molar-refractivity contribution in [1.29, 1.82) is 0 Å². The average molecular weight is 622 g/mol. The molecule has 7 heteroatoms. The summed E-state index contributed by atoms with van der Waals surface area (Å²) in [7, 11) is 2.21. The van der Waals surface area contributed by atoms with E-state index in [9.17, 15) is 14.3 Å². The fraction of sp³-hybridized carbons (Fsp3) is 0.371. The minimum absolute atomic E-state index is 0.0312. The predicted octanol–water partition coefficient (Wildman–Crippen LogP) is 9.55. The smallest absolute Gasteiger partial charge is 0.148 e. The van der Waals surface area contributed by atoms with E-state index in [1.807, 2.05) is 50.3 Å². The van der Waals surface area contributed by atoms with Crippen molar-refractivity contribution < 1.29 is 14.3 Å². The summed E-state index contributed by atoms with van der Waals surface area (Å²) in [6, 6.07) is 18.2. The third-order valence-electron chi connectivity index (χ3n) is 8.18. The van der Waals surface area contributed by atoms with E-state index in [0.29, 0.717) is 17.2 Å². The maximum atomic E-state index is 14.5. The van der Waals surface area contributed by atoms with E-state index in [0.717, 1.165) is 53.4 Å². The molecule has 2 aromatic carbocycles. The Kier molecular flexibility index (Phi) is 9.74. The van der Waals surface area contributed by atoms with Crippen molar-refractivity contribution in [1.82, 2.24) is 4.98 Å². The monoisotopic (exact) mass is 621 g/mol. The second kappa shape index (κ2) is 13.1. The van der Waals surface area contributed by atoms with Gasteiger partial charge in [-0.25, -0.2) is 9.37 Å². The molecule has 220 valence electrons. The molecule has 0 spiro atoms. The van der Waals surface area contributed by atoms with Gasteiger partial charge in [-0.2, -0.15) is 11.8 Å². The molecule has 0 amide bonds. The lowest BCUT2D eigenvalue weighted by Crippen LogP contribution is -2.24. The first-order chi connectivity index (χ1) is 20.0. The van der Waals surface area contributed by atoms with E-state index in [-0.39, 0.29) is 17.2 Å². The number of pyridine rings is 1. The molecule has 1 N–H and O–H groups in total. The number of rotatable bonds is 12. The molecule has 2 aliphatic rings. The predicted molar refractivity (Wildman–Crippen MR) is 180 cm³/mol. The lowest BCUT2D eigenvalue weighted by atomic mass is 9.84. The van der Waals surface area contributed by atoms with Gasteiger partial charge >= 0.3 is 0 Å². The maximum absolute atomic E-state index is 14.5. The average Bonchev–Trinajstić information content (AvgIpc) is 3.58. The number of alkyl halides is 1. The van der Waals surface area contributed by atoms with Crippen LogP contribution in [0.5, 0.6) is 0 Å². The maximum Gasteiger partial charge on any atom is 0.148 e. The van der Waals surface area contributed by atoms with Crippen LogP contribution in [0, 0.1) is 5.41 Å². The quantitative estimate of drug-likeness (QED) is 0.205. The zero-order chi connectivity index (χ0) is 29.9. The molecular weight excluding hydrogens is 584 g/mol. The normalized spacial score (nSPS) is 21.3. The lowest BCUT2D eigenvalue weighted by molar-refractivity contribution is -0.112. The van der Waals surface area contributed by atoms with E-state index >= 15 is 0 Å². The molecule has 0 radical (unpaired) electrons. The molecule has 1 aromatic heterocycles. The van der Waals surface area contributed by atoms with Crippen molar-refractivity contribution in [3.63, 3.8) is 0 Å². The van der Waals surface area contributed by atoms with Crippen LogP contribution in [0.15, 0.2) is 77.9 Å². The highest BCUT2D eigenvalue weighted by atomic mass is 35.5. The van der Waals surface area contributed by atoms with E-state index in [4.69, 9.17) is 16.6 Å². The van der Waals surface area contributed by atoms with Gasteiger partial charge in [-0.15, -0.1) is 0 Å². The molecule has 5 rings (SSSR count). The molecular formula is C35H38ClFNO2PS. The van der Waals surface area contributed by atoms with Gasteiger partial charge in [0.25, 0.3) is 0 Å². The summed E-state index contributed by atoms with van der Waals surface area (Å²) < 4.78 is 14.5. The standard InChI is InChI=1S/C35H38ClFNO2PS/c1-34(2,40)29-9-4-3-7-24(29)13-17-31(42-22-35(20-32(35)37)21-33(39)41)26-8-5-6-23(18-26)10-15-28-16-12-25-11-14-27(36)19-30(25)38-28/h5-12,14-16,18-19,31-32,40H,3-4,13,17,20-22,41H2,1-2H3/b15-10+/t31-,32+,35+/m1/s1. The number of hydrogen-bond donors (Lipinski definition) is 1. The molecule has 42 heavy (non-hydrogen) atoms. The number of carbonyl (C=O) groups is 1. The van der Waals surface area contributed by atoms with Gasteiger partial charge in [0.2, 0.25) is 0 Å². The van der Waals surface area contributed by atoms with Crippen molar-refractivity contribution in [2.45, 2.75) is 69.4 Å². The zero-order valence-corrected chi connectivity index (χ0v) is 26.9. The molecule has 1 saturated carbocycles. The van der Waals surface area contributed by atoms with Crippen molar-refractivity contribution >= 4 is 61.2 Å². The number of allylic oxidation sites excluding steroid dienone is 2. The molecule has 2 aliphatic carbocycles. The molecule has 1 heterocycles. The summed E-state index contributed by atoms with van der Waals surface area (Å²) in [5.41, 5.74) is 4.68. The van der Waals surface area contributed by atoms with E-state index in [2.05, 4.69) is 51.7 Å². The van der Waals surface area contributed by atoms with Gasteiger partial charge in [0.15, 0.2) is 0 Å². The van der Waals surface area contributed by atoms with Gasteiger partial charge in [-0.05, 0) is 92.5 Å². The summed E-state index contributed by atoms with van der Waals surface area (Å²) in [5, 5.41) is 12.6. The Hall–Kier alpha value is -2.30.